The van der Waals surface area contributed by atoms with E-state index in [4.69, 9.17) is 0 Å². The molecule has 3 heterocycles. The van der Waals surface area contributed by atoms with Crippen LogP contribution in [0.2, 0.25) is 0 Å². The summed E-state index contributed by atoms with van der Waals surface area (Å²) in [5.74, 6) is -0.120. The van der Waals surface area contributed by atoms with Gasteiger partial charge in [0.15, 0.2) is 0 Å². The van der Waals surface area contributed by atoms with Gasteiger partial charge in [-0.25, -0.2) is 4.39 Å². The third kappa shape index (κ3) is 4.62. The third-order valence-corrected chi connectivity index (χ3v) is 6.07. The molecule has 1 N–H and O–H groups in total. The summed E-state index contributed by atoms with van der Waals surface area (Å²) in [5.41, 5.74) is 2.29. The Morgan fingerprint density at radius 3 is 2.80 bits per heavy atom. The molecule has 0 saturated carbocycles. The maximum Gasteiger partial charge on any atom is 0.228 e. The van der Waals surface area contributed by atoms with Crippen molar-refractivity contribution in [3.63, 3.8) is 0 Å². The molecule has 158 valence electrons. The first-order valence-corrected chi connectivity index (χ1v) is 11.0. The zero-order chi connectivity index (χ0) is 21.3. The number of hydrogen-bond acceptors (Lipinski definition) is 7. The summed E-state index contributed by atoms with van der Waals surface area (Å²) in [6, 6.07) is 7.71. The number of hydrogen-bond donors (Lipinski definition) is 1. The molecular formula is C21H25FN6OS. The van der Waals surface area contributed by atoms with Gasteiger partial charge in [0, 0.05) is 29.6 Å². The number of aryl methyl sites for hydroxylation is 1. The molecule has 30 heavy (non-hydrogen) atoms. The standard InChI is InChI=1S/C21H25FN6OS/c1-12(2)23-19-6-7-28(11-17(19)22)20(29)10-16-9-15-8-14(4-5-18(15)26-25-16)21-27-24-13(3)30-21/h4-5,8-9,12,17,19,23H,6-7,10-11H2,1-3H3/t17-,19+/m1/s1. The minimum atomic E-state index is -1.06. The van der Waals surface area contributed by atoms with Crippen molar-refractivity contribution in [3.8, 4) is 10.6 Å². The van der Waals surface area contributed by atoms with Crippen LogP contribution in [0.5, 0.6) is 0 Å². The number of fused-ring (bicyclic) bond motifs is 1. The van der Waals surface area contributed by atoms with E-state index in [-0.39, 0.29) is 31.0 Å². The molecule has 3 aromatic rings. The highest BCUT2D eigenvalue weighted by atomic mass is 32.1. The van der Waals surface area contributed by atoms with E-state index in [1.165, 1.54) is 11.3 Å². The molecule has 0 spiro atoms. The van der Waals surface area contributed by atoms with E-state index in [0.717, 1.165) is 26.5 Å². The zero-order valence-corrected chi connectivity index (χ0v) is 18.1. The molecule has 2 aromatic heterocycles. The molecule has 1 fully saturated rings. The number of nitrogens with zero attached hydrogens (tertiary/aromatic N) is 5. The SMILES string of the molecule is Cc1nnc(-c2ccc3nnc(CC(=O)N4CC[C@H](NC(C)C)[C@H](F)C4)cc3c2)s1. The molecule has 7 nitrogen and oxygen atoms in total. The number of aromatic nitrogens is 4. The average molecular weight is 429 g/mol. The van der Waals surface area contributed by atoms with E-state index >= 15 is 0 Å². The summed E-state index contributed by atoms with van der Waals surface area (Å²) in [6.07, 6.45) is -0.343. The topological polar surface area (TPSA) is 83.9 Å². The van der Waals surface area contributed by atoms with Gasteiger partial charge in [-0.05, 0) is 37.6 Å². The first-order valence-electron chi connectivity index (χ1n) is 10.1. The number of nitrogens with one attached hydrogen (secondary N) is 1. The lowest BCUT2D eigenvalue weighted by Gasteiger charge is -2.36. The van der Waals surface area contributed by atoms with Gasteiger partial charge in [-0.1, -0.05) is 25.2 Å². The highest BCUT2D eigenvalue weighted by Crippen LogP contribution is 2.26. The fraction of sp³-hybridized carbons (Fsp3) is 0.476. The highest BCUT2D eigenvalue weighted by molar-refractivity contribution is 7.14. The Morgan fingerprint density at radius 2 is 2.10 bits per heavy atom. The number of likely N-dealkylation sites (tertiary alicyclic amines) is 1. The van der Waals surface area contributed by atoms with Crippen LogP contribution in [-0.4, -0.2) is 62.5 Å². The van der Waals surface area contributed by atoms with E-state index in [9.17, 15) is 9.18 Å². The molecule has 1 aliphatic heterocycles. The molecule has 1 amide bonds. The summed E-state index contributed by atoms with van der Waals surface area (Å²) in [4.78, 5) is 14.3. The van der Waals surface area contributed by atoms with Gasteiger partial charge < -0.3 is 10.2 Å². The Kier molecular flexibility index (Phi) is 6.01. The Morgan fingerprint density at radius 1 is 1.27 bits per heavy atom. The average Bonchev–Trinajstić information content (AvgIpc) is 3.15. The second kappa shape index (κ2) is 8.69. The molecular weight excluding hydrogens is 403 g/mol. The van der Waals surface area contributed by atoms with Crippen LogP contribution in [0.25, 0.3) is 21.5 Å². The lowest BCUT2D eigenvalue weighted by Crippen LogP contribution is -2.54. The lowest BCUT2D eigenvalue weighted by atomic mass is 10.0. The van der Waals surface area contributed by atoms with E-state index in [0.29, 0.717) is 18.7 Å². The predicted octanol–water partition coefficient (Wildman–Crippen LogP) is 2.94. The van der Waals surface area contributed by atoms with Crippen molar-refractivity contribution in [1.29, 1.82) is 0 Å². The van der Waals surface area contributed by atoms with Crippen molar-refractivity contribution in [2.45, 2.75) is 51.9 Å². The quantitative estimate of drug-likeness (QED) is 0.673. The molecule has 0 bridgehead atoms. The number of halogens is 1. The smallest absolute Gasteiger partial charge is 0.228 e. The lowest BCUT2D eigenvalue weighted by molar-refractivity contribution is -0.133. The molecule has 0 radical (unpaired) electrons. The number of rotatable bonds is 5. The summed E-state index contributed by atoms with van der Waals surface area (Å²) in [5, 5.41) is 22.6. The molecule has 0 unspecified atom stereocenters. The van der Waals surface area contributed by atoms with Crippen molar-refractivity contribution in [3.05, 3.63) is 35.0 Å². The molecule has 1 aliphatic rings. The fourth-order valence-corrected chi connectivity index (χ4v) is 4.42. The van der Waals surface area contributed by atoms with Crippen LogP contribution in [0.1, 0.15) is 31.0 Å². The number of carbonyl (C=O) groups excluding carboxylic acids is 1. The third-order valence-electron chi connectivity index (χ3n) is 5.18. The second-order valence-electron chi connectivity index (χ2n) is 7.98. The number of alkyl halides is 1. The van der Waals surface area contributed by atoms with Crippen molar-refractivity contribution in [1.82, 2.24) is 30.6 Å². The first-order chi connectivity index (χ1) is 14.4. The minimum Gasteiger partial charge on any atom is -0.339 e. The van der Waals surface area contributed by atoms with Crippen molar-refractivity contribution in [2.24, 2.45) is 0 Å². The van der Waals surface area contributed by atoms with Gasteiger partial charge in [-0.3, -0.25) is 4.79 Å². The van der Waals surface area contributed by atoms with Crippen LogP contribution >= 0.6 is 11.3 Å². The van der Waals surface area contributed by atoms with Crippen molar-refractivity contribution >= 4 is 28.1 Å². The normalized spacial score (nSPS) is 19.6. The van der Waals surface area contributed by atoms with Gasteiger partial charge >= 0.3 is 0 Å². The first kappa shape index (κ1) is 20.7. The Bertz CT molecular complexity index is 1050. The number of piperidine rings is 1. The van der Waals surface area contributed by atoms with Gasteiger partial charge in [-0.2, -0.15) is 10.2 Å². The maximum atomic E-state index is 14.5. The molecule has 1 aromatic carbocycles. The predicted molar refractivity (Wildman–Crippen MR) is 115 cm³/mol. The van der Waals surface area contributed by atoms with Gasteiger partial charge in [0.2, 0.25) is 5.91 Å². The van der Waals surface area contributed by atoms with Crippen LogP contribution in [-0.2, 0) is 11.2 Å². The van der Waals surface area contributed by atoms with Gasteiger partial charge in [0.1, 0.15) is 16.2 Å². The summed E-state index contributed by atoms with van der Waals surface area (Å²) in [7, 11) is 0. The van der Waals surface area contributed by atoms with Crippen LogP contribution in [0.15, 0.2) is 24.3 Å². The zero-order valence-electron chi connectivity index (χ0n) is 17.3. The van der Waals surface area contributed by atoms with Crippen molar-refractivity contribution in [2.75, 3.05) is 13.1 Å². The number of benzene rings is 1. The molecule has 9 heteroatoms. The largest absolute Gasteiger partial charge is 0.339 e. The number of carbonyl (C=O) groups is 1. The highest BCUT2D eigenvalue weighted by Gasteiger charge is 2.31. The maximum absolute atomic E-state index is 14.5. The van der Waals surface area contributed by atoms with Crippen LogP contribution in [0.4, 0.5) is 4.39 Å². The van der Waals surface area contributed by atoms with E-state index < -0.39 is 6.17 Å². The van der Waals surface area contributed by atoms with Crippen LogP contribution in [0.3, 0.4) is 0 Å². The summed E-state index contributed by atoms with van der Waals surface area (Å²) < 4.78 is 14.5. The number of amides is 1. The van der Waals surface area contributed by atoms with E-state index in [1.807, 2.05) is 45.0 Å². The van der Waals surface area contributed by atoms with Gasteiger partial charge in [0.25, 0.3) is 0 Å². The molecule has 2 atom stereocenters. The Hall–Kier alpha value is -2.52. The van der Waals surface area contributed by atoms with E-state index in [2.05, 4.69) is 25.7 Å². The Labute approximate surface area is 178 Å². The van der Waals surface area contributed by atoms with Crippen molar-refractivity contribution < 1.29 is 9.18 Å². The summed E-state index contributed by atoms with van der Waals surface area (Å²) in [6.45, 7) is 6.58. The van der Waals surface area contributed by atoms with Gasteiger partial charge in [0.05, 0.1) is 24.2 Å². The fourth-order valence-electron chi connectivity index (χ4n) is 3.73. The monoisotopic (exact) mass is 428 g/mol. The minimum absolute atomic E-state index is 0.111. The second-order valence-corrected chi connectivity index (χ2v) is 9.17. The summed E-state index contributed by atoms with van der Waals surface area (Å²) >= 11 is 1.53. The van der Waals surface area contributed by atoms with Crippen LogP contribution in [0, 0.1) is 6.92 Å². The molecule has 4 rings (SSSR count). The Balaban J connectivity index is 1.46. The van der Waals surface area contributed by atoms with E-state index in [1.54, 1.807) is 4.90 Å². The van der Waals surface area contributed by atoms with Gasteiger partial charge in [-0.15, -0.1) is 10.2 Å². The molecule has 0 aliphatic carbocycles. The molecule has 1 saturated heterocycles. The van der Waals surface area contributed by atoms with Crippen LogP contribution < -0.4 is 5.32 Å².